The summed E-state index contributed by atoms with van der Waals surface area (Å²) in [7, 11) is 0. The number of ketones is 1. The van der Waals surface area contributed by atoms with Crippen LogP contribution in [0.3, 0.4) is 0 Å². The standard InChI is InChI=1S/C12H13BrClFO/c1-3-4-7(2)12(16)8-5-10(14)9(13)6-11(8)15/h5-7H,3-4H2,1-2H3. The number of hydrogen-bond donors (Lipinski definition) is 0. The number of benzene rings is 1. The van der Waals surface area contributed by atoms with Gasteiger partial charge in [-0.05, 0) is 34.5 Å². The highest BCUT2D eigenvalue weighted by Crippen LogP contribution is 2.27. The highest BCUT2D eigenvalue weighted by molar-refractivity contribution is 9.10. The lowest BCUT2D eigenvalue weighted by molar-refractivity contribution is 0.0919. The number of carbonyl (C=O) groups excluding carboxylic acids is 1. The molecule has 4 heteroatoms. The zero-order chi connectivity index (χ0) is 12.3. The van der Waals surface area contributed by atoms with Crippen LogP contribution in [0.1, 0.15) is 37.0 Å². The van der Waals surface area contributed by atoms with Crippen LogP contribution >= 0.6 is 27.5 Å². The van der Waals surface area contributed by atoms with Gasteiger partial charge in [-0.2, -0.15) is 0 Å². The van der Waals surface area contributed by atoms with E-state index in [1.54, 1.807) is 6.92 Å². The summed E-state index contributed by atoms with van der Waals surface area (Å²) >= 11 is 8.96. The monoisotopic (exact) mass is 306 g/mol. The van der Waals surface area contributed by atoms with Crippen LogP contribution in [-0.4, -0.2) is 5.78 Å². The Kier molecular flexibility index (Phi) is 4.93. The fourth-order valence-corrected chi connectivity index (χ4v) is 2.02. The first-order valence-electron chi connectivity index (χ1n) is 5.16. The molecule has 0 N–H and O–H groups in total. The lowest BCUT2D eigenvalue weighted by atomic mass is 9.95. The fourth-order valence-electron chi connectivity index (χ4n) is 1.54. The van der Waals surface area contributed by atoms with E-state index in [-0.39, 0.29) is 17.3 Å². The van der Waals surface area contributed by atoms with Gasteiger partial charge in [0.25, 0.3) is 0 Å². The van der Waals surface area contributed by atoms with E-state index in [1.807, 2.05) is 6.92 Å². The van der Waals surface area contributed by atoms with Gasteiger partial charge in [-0.15, -0.1) is 0 Å². The largest absolute Gasteiger partial charge is 0.294 e. The Hall–Kier alpha value is -0.410. The summed E-state index contributed by atoms with van der Waals surface area (Å²) in [5.74, 6) is -0.880. The molecule has 0 aliphatic carbocycles. The van der Waals surface area contributed by atoms with Gasteiger partial charge in [-0.3, -0.25) is 4.79 Å². The van der Waals surface area contributed by atoms with Crippen LogP contribution < -0.4 is 0 Å². The SMILES string of the molecule is CCCC(C)C(=O)c1cc(Cl)c(Br)cc1F. The van der Waals surface area contributed by atoms with Crippen LogP contribution in [-0.2, 0) is 0 Å². The molecule has 0 fully saturated rings. The smallest absolute Gasteiger partial charge is 0.168 e. The van der Waals surface area contributed by atoms with Crippen molar-refractivity contribution in [1.29, 1.82) is 0 Å². The zero-order valence-electron chi connectivity index (χ0n) is 9.19. The minimum atomic E-state index is -0.524. The quantitative estimate of drug-likeness (QED) is 0.573. The molecule has 0 aliphatic heterocycles. The average molecular weight is 308 g/mol. The number of hydrogen-bond acceptors (Lipinski definition) is 1. The molecule has 88 valence electrons. The minimum Gasteiger partial charge on any atom is -0.294 e. The van der Waals surface area contributed by atoms with Crippen molar-refractivity contribution in [3.63, 3.8) is 0 Å². The predicted molar refractivity (Wildman–Crippen MR) is 67.5 cm³/mol. The lowest BCUT2D eigenvalue weighted by Gasteiger charge is -2.10. The molecule has 1 atom stereocenters. The summed E-state index contributed by atoms with van der Waals surface area (Å²) < 4.78 is 14.0. The van der Waals surface area contributed by atoms with Crippen LogP contribution in [0.25, 0.3) is 0 Å². The third-order valence-electron chi connectivity index (χ3n) is 2.44. The first-order valence-corrected chi connectivity index (χ1v) is 6.33. The van der Waals surface area contributed by atoms with Crippen molar-refractivity contribution >= 4 is 33.3 Å². The molecular formula is C12H13BrClFO. The average Bonchev–Trinajstić information content (AvgIpc) is 2.23. The Bertz CT molecular complexity index is 406. The number of rotatable bonds is 4. The van der Waals surface area contributed by atoms with Gasteiger partial charge in [-0.1, -0.05) is 31.9 Å². The summed E-state index contributed by atoms with van der Waals surface area (Å²) in [5.41, 5.74) is 0.0779. The molecule has 1 rings (SSSR count). The first-order chi connectivity index (χ1) is 7.47. The third kappa shape index (κ3) is 3.05. The fraction of sp³-hybridized carbons (Fsp3) is 0.417. The maximum Gasteiger partial charge on any atom is 0.168 e. The van der Waals surface area contributed by atoms with E-state index >= 15 is 0 Å². The minimum absolute atomic E-state index is 0.0779. The van der Waals surface area contributed by atoms with Crippen molar-refractivity contribution in [2.45, 2.75) is 26.7 Å². The molecule has 0 aliphatic rings. The third-order valence-corrected chi connectivity index (χ3v) is 3.64. The summed E-state index contributed by atoms with van der Waals surface area (Å²) in [6.07, 6.45) is 1.66. The summed E-state index contributed by atoms with van der Waals surface area (Å²) in [5, 5.41) is 0.355. The second-order valence-corrected chi connectivity index (χ2v) is 5.06. The van der Waals surface area contributed by atoms with Crippen LogP contribution in [0.5, 0.6) is 0 Å². The Balaban J connectivity index is 3.04. The van der Waals surface area contributed by atoms with E-state index in [4.69, 9.17) is 11.6 Å². The van der Waals surface area contributed by atoms with E-state index in [0.29, 0.717) is 9.50 Å². The topological polar surface area (TPSA) is 17.1 Å². The van der Waals surface area contributed by atoms with Gasteiger partial charge in [0.05, 0.1) is 10.6 Å². The molecule has 0 saturated carbocycles. The van der Waals surface area contributed by atoms with Crippen molar-refractivity contribution in [3.8, 4) is 0 Å². The molecule has 0 radical (unpaired) electrons. The van der Waals surface area contributed by atoms with Crippen LogP contribution in [0.4, 0.5) is 4.39 Å². The molecule has 1 unspecified atom stereocenters. The van der Waals surface area contributed by atoms with Crippen LogP contribution in [0.2, 0.25) is 5.02 Å². The van der Waals surface area contributed by atoms with Gasteiger partial charge < -0.3 is 0 Å². The summed E-state index contributed by atoms with van der Waals surface area (Å²) in [6.45, 7) is 3.80. The normalized spacial score (nSPS) is 12.6. The Morgan fingerprint density at radius 3 is 2.75 bits per heavy atom. The van der Waals surface area contributed by atoms with Crippen molar-refractivity contribution < 1.29 is 9.18 Å². The molecule has 0 aromatic heterocycles. The Labute approximate surface area is 108 Å². The number of Topliss-reactive ketones (excluding diaryl/α,β-unsaturated/α-hetero) is 1. The molecular weight excluding hydrogens is 294 g/mol. The van der Waals surface area contributed by atoms with Crippen LogP contribution in [0, 0.1) is 11.7 Å². The number of carbonyl (C=O) groups is 1. The van der Waals surface area contributed by atoms with Gasteiger partial charge in [0.15, 0.2) is 5.78 Å². The van der Waals surface area contributed by atoms with Crippen molar-refractivity contribution in [2.75, 3.05) is 0 Å². The maximum absolute atomic E-state index is 13.6. The van der Waals surface area contributed by atoms with E-state index < -0.39 is 5.82 Å². The van der Waals surface area contributed by atoms with E-state index in [0.717, 1.165) is 12.8 Å². The van der Waals surface area contributed by atoms with E-state index in [2.05, 4.69) is 15.9 Å². The molecule has 1 aromatic carbocycles. The highest BCUT2D eigenvalue weighted by atomic mass is 79.9. The van der Waals surface area contributed by atoms with E-state index in [1.165, 1.54) is 12.1 Å². The van der Waals surface area contributed by atoms with Gasteiger partial charge in [0.2, 0.25) is 0 Å². The Morgan fingerprint density at radius 2 is 2.19 bits per heavy atom. The van der Waals surface area contributed by atoms with Crippen molar-refractivity contribution in [3.05, 3.63) is 33.0 Å². The van der Waals surface area contributed by atoms with Crippen molar-refractivity contribution in [1.82, 2.24) is 0 Å². The van der Waals surface area contributed by atoms with Crippen molar-refractivity contribution in [2.24, 2.45) is 5.92 Å². The Morgan fingerprint density at radius 1 is 1.56 bits per heavy atom. The predicted octanol–water partition coefficient (Wildman–Crippen LogP) is 4.86. The summed E-state index contributed by atoms with van der Waals surface area (Å²) in [6, 6.07) is 2.61. The van der Waals surface area contributed by atoms with Gasteiger partial charge in [0, 0.05) is 10.4 Å². The maximum atomic E-state index is 13.6. The summed E-state index contributed by atoms with van der Waals surface area (Å²) in [4.78, 5) is 11.9. The second kappa shape index (κ2) is 5.78. The molecule has 1 aromatic rings. The zero-order valence-corrected chi connectivity index (χ0v) is 11.5. The van der Waals surface area contributed by atoms with Gasteiger partial charge >= 0.3 is 0 Å². The molecule has 0 amide bonds. The van der Waals surface area contributed by atoms with Gasteiger partial charge in [-0.25, -0.2) is 4.39 Å². The van der Waals surface area contributed by atoms with Crippen LogP contribution in [0.15, 0.2) is 16.6 Å². The van der Waals surface area contributed by atoms with Gasteiger partial charge in [0.1, 0.15) is 5.82 Å². The molecule has 16 heavy (non-hydrogen) atoms. The lowest BCUT2D eigenvalue weighted by Crippen LogP contribution is -2.13. The molecule has 0 saturated heterocycles. The van der Waals surface area contributed by atoms with E-state index in [9.17, 15) is 9.18 Å². The molecule has 0 spiro atoms. The molecule has 0 bridgehead atoms. The number of halogens is 3. The first kappa shape index (κ1) is 13.7. The molecule has 0 heterocycles. The second-order valence-electron chi connectivity index (χ2n) is 3.80. The highest BCUT2D eigenvalue weighted by Gasteiger charge is 2.19. The molecule has 1 nitrogen and oxygen atoms in total.